The van der Waals surface area contributed by atoms with Crippen molar-refractivity contribution in [2.75, 3.05) is 7.11 Å². The molecule has 6 heteroatoms. The summed E-state index contributed by atoms with van der Waals surface area (Å²) in [7, 11) is 1.23. The van der Waals surface area contributed by atoms with Gasteiger partial charge in [-0.1, -0.05) is 0 Å². The van der Waals surface area contributed by atoms with E-state index in [4.69, 9.17) is 11.5 Å². The monoisotopic (exact) mass is 224 g/mol. The molecule has 0 aromatic carbocycles. The molecule has 5 nitrogen and oxygen atoms in total. The van der Waals surface area contributed by atoms with E-state index in [1.807, 2.05) is 0 Å². The van der Waals surface area contributed by atoms with Crippen molar-refractivity contribution in [1.82, 2.24) is 0 Å². The summed E-state index contributed by atoms with van der Waals surface area (Å²) in [5.41, 5.74) is 9.61. The first-order chi connectivity index (χ1) is 5.81. The predicted molar refractivity (Wildman–Crippen MR) is 55.1 cm³/mol. The highest BCUT2D eigenvalue weighted by molar-refractivity contribution is 5.91. The van der Waals surface area contributed by atoms with Gasteiger partial charge in [-0.15, -0.1) is 12.4 Å². The largest absolute Gasteiger partial charge is 0.468 e. The normalized spacial score (nSPS) is 16.1. The summed E-state index contributed by atoms with van der Waals surface area (Å²) in [6, 6.07) is -0.604. The second kappa shape index (κ2) is 5.95. The molecule has 0 aliphatic rings. The predicted octanol–water partition coefficient (Wildman–Crippen LogP) is -0.395. The number of nitrogens with two attached hydrogens (primary N) is 2. The quantitative estimate of drug-likeness (QED) is 0.634. The number of esters is 1. The van der Waals surface area contributed by atoms with Crippen LogP contribution in [0.25, 0.3) is 0 Å². The van der Waals surface area contributed by atoms with Gasteiger partial charge in [-0.3, -0.25) is 9.59 Å². The lowest BCUT2D eigenvalue weighted by molar-refractivity contribution is -0.148. The van der Waals surface area contributed by atoms with E-state index in [9.17, 15) is 9.59 Å². The van der Waals surface area contributed by atoms with Crippen molar-refractivity contribution in [3.63, 3.8) is 0 Å². The van der Waals surface area contributed by atoms with E-state index < -0.39 is 17.6 Å². The Labute approximate surface area is 89.6 Å². The molecule has 4 N–H and O–H groups in total. The minimum Gasteiger partial charge on any atom is -0.468 e. The third-order valence-electron chi connectivity index (χ3n) is 1.70. The van der Waals surface area contributed by atoms with Gasteiger partial charge in [0.05, 0.1) is 13.2 Å². The second-order valence-corrected chi connectivity index (χ2v) is 3.34. The van der Waals surface area contributed by atoms with Crippen LogP contribution >= 0.6 is 12.4 Å². The van der Waals surface area contributed by atoms with Crippen LogP contribution in [0.4, 0.5) is 0 Å². The van der Waals surface area contributed by atoms with E-state index in [0.29, 0.717) is 0 Å². The highest BCUT2D eigenvalue weighted by Gasteiger charge is 2.32. The van der Waals surface area contributed by atoms with Crippen molar-refractivity contribution in [2.45, 2.75) is 31.8 Å². The highest BCUT2D eigenvalue weighted by Crippen LogP contribution is 2.09. The number of ether oxygens (including phenoxy) is 1. The van der Waals surface area contributed by atoms with Gasteiger partial charge in [0, 0.05) is 6.42 Å². The Bertz CT molecular complexity index is 217. The smallest absolute Gasteiger partial charge is 0.326 e. The summed E-state index contributed by atoms with van der Waals surface area (Å²) in [6.07, 6.45) is -0.0999. The van der Waals surface area contributed by atoms with Gasteiger partial charge in [-0.2, -0.15) is 0 Å². The van der Waals surface area contributed by atoms with Crippen LogP contribution in [0.1, 0.15) is 20.3 Å². The fraction of sp³-hybridized carbons (Fsp3) is 0.750. The molecule has 0 aliphatic heterocycles. The van der Waals surface area contributed by atoms with Crippen molar-refractivity contribution in [3.05, 3.63) is 0 Å². The van der Waals surface area contributed by atoms with Gasteiger partial charge >= 0.3 is 5.97 Å². The van der Waals surface area contributed by atoms with Crippen LogP contribution in [0, 0.1) is 0 Å². The molecule has 0 aromatic heterocycles. The maximum absolute atomic E-state index is 11.2. The van der Waals surface area contributed by atoms with Crippen molar-refractivity contribution in [2.24, 2.45) is 11.5 Å². The molecule has 0 aliphatic carbocycles. The third-order valence-corrected chi connectivity index (χ3v) is 1.70. The van der Waals surface area contributed by atoms with E-state index >= 15 is 0 Å². The van der Waals surface area contributed by atoms with Crippen LogP contribution < -0.4 is 11.5 Å². The van der Waals surface area contributed by atoms with Gasteiger partial charge in [0.2, 0.25) is 0 Å². The lowest BCUT2D eigenvalue weighted by Gasteiger charge is -2.21. The van der Waals surface area contributed by atoms with Crippen molar-refractivity contribution in [3.8, 4) is 0 Å². The van der Waals surface area contributed by atoms with Crippen molar-refractivity contribution >= 4 is 24.2 Å². The number of methoxy groups -OCH3 is 1. The van der Waals surface area contributed by atoms with Gasteiger partial charge in [0.1, 0.15) is 5.54 Å². The first-order valence-electron chi connectivity index (χ1n) is 3.97. The SMILES string of the molecule is COC(=O)C(C)(N)CC(=O)[C@H](C)N.Cl. The van der Waals surface area contributed by atoms with Gasteiger partial charge in [0.15, 0.2) is 5.78 Å². The molecule has 1 unspecified atom stereocenters. The average molecular weight is 225 g/mol. The van der Waals surface area contributed by atoms with E-state index in [2.05, 4.69) is 4.74 Å². The number of Topliss-reactive ketones (excluding diaryl/α,β-unsaturated/α-hetero) is 1. The molecule has 0 spiro atoms. The fourth-order valence-corrected chi connectivity index (χ4v) is 0.828. The summed E-state index contributed by atoms with van der Waals surface area (Å²) >= 11 is 0. The Balaban J connectivity index is 0. The van der Waals surface area contributed by atoms with Gasteiger partial charge in [0.25, 0.3) is 0 Å². The molecular formula is C8H17ClN2O3. The summed E-state index contributed by atoms with van der Waals surface area (Å²) in [5.74, 6) is -0.864. The van der Waals surface area contributed by atoms with Gasteiger partial charge in [-0.25, -0.2) is 0 Å². The van der Waals surface area contributed by atoms with Crippen LogP contribution in [0.5, 0.6) is 0 Å². The summed E-state index contributed by atoms with van der Waals surface area (Å²) in [4.78, 5) is 22.2. The van der Waals surface area contributed by atoms with Crippen LogP contribution in [0.15, 0.2) is 0 Å². The standard InChI is InChI=1S/C8H16N2O3.ClH/c1-5(9)6(11)4-8(2,10)7(12)13-3;/h5H,4,9-10H2,1-3H3;1H/t5-,8?;/m0./s1. The molecule has 0 rings (SSSR count). The second-order valence-electron chi connectivity index (χ2n) is 3.34. The molecule has 84 valence electrons. The van der Waals surface area contributed by atoms with Crippen LogP contribution in [-0.4, -0.2) is 30.4 Å². The molecule has 0 saturated heterocycles. The maximum Gasteiger partial charge on any atom is 0.326 e. The zero-order valence-corrected chi connectivity index (χ0v) is 9.39. The lowest BCUT2D eigenvalue weighted by Crippen LogP contribution is -2.49. The Morgan fingerprint density at radius 3 is 2.21 bits per heavy atom. The van der Waals surface area contributed by atoms with Crippen LogP contribution in [0.2, 0.25) is 0 Å². The van der Waals surface area contributed by atoms with E-state index in [0.717, 1.165) is 0 Å². The third kappa shape index (κ3) is 4.55. The summed E-state index contributed by atoms with van der Waals surface area (Å²) < 4.78 is 4.44. The zero-order valence-electron chi connectivity index (χ0n) is 8.57. The molecule has 0 bridgehead atoms. The fourth-order valence-electron chi connectivity index (χ4n) is 0.828. The van der Waals surface area contributed by atoms with Crippen molar-refractivity contribution in [1.29, 1.82) is 0 Å². The molecule has 0 aromatic rings. The Morgan fingerprint density at radius 1 is 1.50 bits per heavy atom. The van der Waals surface area contributed by atoms with Gasteiger partial charge in [-0.05, 0) is 13.8 Å². The number of hydrogen-bond acceptors (Lipinski definition) is 5. The van der Waals surface area contributed by atoms with Gasteiger partial charge < -0.3 is 16.2 Å². The van der Waals surface area contributed by atoms with E-state index in [1.54, 1.807) is 6.92 Å². The number of carbonyl (C=O) groups is 2. The van der Waals surface area contributed by atoms with Crippen LogP contribution in [0.3, 0.4) is 0 Å². The topological polar surface area (TPSA) is 95.4 Å². The molecule has 14 heavy (non-hydrogen) atoms. The van der Waals surface area contributed by atoms with Crippen LogP contribution in [-0.2, 0) is 14.3 Å². The molecule has 0 radical (unpaired) electrons. The average Bonchev–Trinajstić information content (AvgIpc) is 2.01. The molecular weight excluding hydrogens is 208 g/mol. The maximum atomic E-state index is 11.2. The lowest BCUT2D eigenvalue weighted by atomic mass is 9.94. The number of carbonyl (C=O) groups excluding carboxylic acids is 2. The number of hydrogen-bond donors (Lipinski definition) is 2. The van der Waals surface area contributed by atoms with Crippen molar-refractivity contribution < 1.29 is 14.3 Å². The Kier molecular flexibility index (Phi) is 6.72. The number of rotatable bonds is 4. The first-order valence-corrected chi connectivity index (χ1v) is 3.97. The Hall–Kier alpha value is -0.650. The minimum absolute atomic E-state index is 0. The molecule has 0 heterocycles. The highest BCUT2D eigenvalue weighted by atomic mass is 35.5. The first kappa shape index (κ1) is 15.8. The van der Waals surface area contributed by atoms with E-state index in [1.165, 1.54) is 14.0 Å². The Morgan fingerprint density at radius 2 is 1.93 bits per heavy atom. The number of ketones is 1. The molecule has 2 atom stereocenters. The van der Waals surface area contributed by atoms with E-state index in [-0.39, 0.29) is 24.6 Å². The summed E-state index contributed by atoms with van der Waals surface area (Å²) in [6.45, 7) is 2.99. The molecule has 0 saturated carbocycles. The molecule has 0 amide bonds. The number of halogens is 1. The molecule has 0 fully saturated rings. The summed E-state index contributed by atoms with van der Waals surface area (Å²) in [5, 5.41) is 0. The zero-order chi connectivity index (χ0) is 10.6. The minimum atomic E-state index is -1.28.